The van der Waals surface area contributed by atoms with Gasteiger partial charge in [-0.05, 0) is 74.9 Å². The number of ether oxygens (including phenoxy) is 1. The first-order chi connectivity index (χ1) is 15.1. The number of amides is 1. The Bertz CT molecular complexity index is 1090. The van der Waals surface area contributed by atoms with E-state index in [1.165, 1.54) is 0 Å². The van der Waals surface area contributed by atoms with Crippen LogP contribution in [0.5, 0.6) is 0 Å². The average Bonchev–Trinajstić information content (AvgIpc) is 3.13. The minimum Gasteiger partial charge on any atom is -0.479 e. The molecule has 0 bridgehead atoms. The van der Waals surface area contributed by atoms with E-state index < -0.39 is 23.1 Å². The van der Waals surface area contributed by atoms with Crippen LogP contribution in [0.15, 0.2) is 24.3 Å². The molecule has 2 aromatic carbocycles. The van der Waals surface area contributed by atoms with Gasteiger partial charge in [0.1, 0.15) is 0 Å². The lowest BCUT2D eigenvalue weighted by molar-refractivity contribution is -0.160. The fourth-order valence-corrected chi connectivity index (χ4v) is 4.65. The van der Waals surface area contributed by atoms with Crippen LogP contribution in [0.3, 0.4) is 0 Å². The zero-order chi connectivity index (χ0) is 24.9. The minimum atomic E-state index is -1.11. The number of rotatable bonds is 4. The summed E-state index contributed by atoms with van der Waals surface area (Å²) in [6.45, 7) is 18.5. The lowest BCUT2D eigenvalue weighted by Gasteiger charge is -2.29. The molecule has 0 saturated carbocycles. The fourth-order valence-electron chi connectivity index (χ4n) is 4.65. The van der Waals surface area contributed by atoms with Crippen molar-refractivity contribution in [2.75, 3.05) is 0 Å². The molecule has 178 valence electrons. The molecule has 5 heteroatoms. The summed E-state index contributed by atoms with van der Waals surface area (Å²) in [6, 6.07) is 8.15. The second-order valence-corrected chi connectivity index (χ2v) is 11.2. The van der Waals surface area contributed by atoms with Crippen molar-refractivity contribution in [3.8, 4) is 11.1 Å². The Morgan fingerprint density at radius 3 is 1.88 bits per heavy atom. The van der Waals surface area contributed by atoms with Crippen molar-refractivity contribution in [2.45, 2.75) is 87.1 Å². The van der Waals surface area contributed by atoms with Gasteiger partial charge in [-0.2, -0.15) is 0 Å². The molecular weight excluding hydrogens is 414 g/mol. The van der Waals surface area contributed by atoms with Gasteiger partial charge in [0.15, 0.2) is 6.10 Å². The highest BCUT2D eigenvalue weighted by Gasteiger charge is 2.38. The van der Waals surface area contributed by atoms with E-state index in [-0.39, 0.29) is 5.91 Å². The van der Waals surface area contributed by atoms with E-state index in [1.54, 1.807) is 0 Å². The van der Waals surface area contributed by atoms with E-state index in [4.69, 9.17) is 4.74 Å². The number of carboxylic acid groups (broad SMARTS) is 1. The van der Waals surface area contributed by atoms with Crippen molar-refractivity contribution in [1.29, 1.82) is 0 Å². The molecule has 1 amide bonds. The molecule has 1 unspecified atom stereocenters. The lowest BCUT2D eigenvalue weighted by Crippen LogP contribution is -2.35. The molecule has 33 heavy (non-hydrogen) atoms. The van der Waals surface area contributed by atoms with Crippen molar-refractivity contribution in [1.82, 2.24) is 4.90 Å². The van der Waals surface area contributed by atoms with Crippen LogP contribution < -0.4 is 0 Å². The van der Waals surface area contributed by atoms with E-state index in [2.05, 4.69) is 0 Å². The van der Waals surface area contributed by atoms with Crippen molar-refractivity contribution < 1.29 is 19.4 Å². The maximum absolute atomic E-state index is 13.1. The highest BCUT2D eigenvalue weighted by atomic mass is 16.5. The first kappa shape index (κ1) is 25.0. The second-order valence-electron chi connectivity index (χ2n) is 11.2. The Morgan fingerprint density at radius 1 is 0.909 bits per heavy atom. The SMILES string of the molecule is Cc1ccc(-c2c(C)c3c(c(C)c2C(OC(C)(C)C)C(=O)O)CN(C(=O)C(C)(C)C)C3)cc1. The van der Waals surface area contributed by atoms with Gasteiger partial charge < -0.3 is 14.7 Å². The Morgan fingerprint density at radius 2 is 1.42 bits per heavy atom. The zero-order valence-electron chi connectivity index (χ0n) is 21.4. The van der Waals surface area contributed by atoms with Crippen LogP contribution in [0.2, 0.25) is 0 Å². The van der Waals surface area contributed by atoms with Crippen molar-refractivity contribution >= 4 is 11.9 Å². The Balaban J connectivity index is 2.29. The van der Waals surface area contributed by atoms with Gasteiger partial charge in [0.05, 0.1) is 5.60 Å². The highest BCUT2D eigenvalue weighted by molar-refractivity contribution is 5.86. The molecule has 1 aliphatic heterocycles. The summed E-state index contributed by atoms with van der Waals surface area (Å²) in [6.07, 6.45) is -1.11. The molecule has 0 radical (unpaired) electrons. The van der Waals surface area contributed by atoms with E-state index in [0.717, 1.165) is 38.9 Å². The summed E-state index contributed by atoms with van der Waals surface area (Å²) in [5, 5.41) is 10.2. The first-order valence-electron chi connectivity index (χ1n) is 11.5. The van der Waals surface area contributed by atoms with Gasteiger partial charge in [-0.15, -0.1) is 0 Å². The number of benzene rings is 2. The van der Waals surface area contributed by atoms with Gasteiger partial charge in [0.2, 0.25) is 5.91 Å². The van der Waals surface area contributed by atoms with Gasteiger partial charge in [-0.1, -0.05) is 50.6 Å². The van der Waals surface area contributed by atoms with Crippen LogP contribution >= 0.6 is 0 Å². The second kappa shape index (κ2) is 8.60. The van der Waals surface area contributed by atoms with Gasteiger partial charge in [0, 0.05) is 24.1 Å². The monoisotopic (exact) mass is 451 g/mol. The van der Waals surface area contributed by atoms with Crippen LogP contribution in [0.4, 0.5) is 0 Å². The third kappa shape index (κ3) is 4.98. The molecule has 0 spiro atoms. The number of carboxylic acids is 1. The largest absolute Gasteiger partial charge is 0.479 e. The highest BCUT2D eigenvalue weighted by Crippen LogP contribution is 2.44. The van der Waals surface area contributed by atoms with Crippen molar-refractivity contribution in [3.05, 3.63) is 57.6 Å². The zero-order valence-corrected chi connectivity index (χ0v) is 21.4. The summed E-state index contributed by atoms with van der Waals surface area (Å²) in [7, 11) is 0. The number of nitrogens with zero attached hydrogens (tertiary/aromatic N) is 1. The third-order valence-corrected chi connectivity index (χ3v) is 6.24. The van der Waals surface area contributed by atoms with Crippen LogP contribution in [0.25, 0.3) is 11.1 Å². The molecule has 1 heterocycles. The quantitative estimate of drug-likeness (QED) is 0.609. The Hall–Kier alpha value is -2.66. The molecule has 0 aliphatic carbocycles. The van der Waals surface area contributed by atoms with Crippen molar-refractivity contribution in [3.63, 3.8) is 0 Å². The number of hydrogen-bond donors (Lipinski definition) is 1. The molecule has 0 saturated heterocycles. The maximum Gasteiger partial charge on any atom is 0.337 e. The van der Waals surface area contributed by atoms with Crippen LogP contribution in [0, 0.1) is 26.2 Å². The number of carbonyl (C=O) groups is 2. The maximum atomic E-state index is 13.1. The normalized spacial score (nSPS) is 14.9. The smallest absolute Gasteiger partial charge is 0.337 e. The van der Waals surface area contributed by atoms with Gasteiger partial charge >= 0.3 is 5.97 Å². The molecular formula is C28H37NO4. The fraction of sp³-hybridized carbons (Fsp3) is 0.500. The van der Waals surface area contributed by atoms with E-state index >= 15 is 0 Å². The molecule has 5 nitrogen and oxygen atoms in total. The summed E-state index contributed by atoms with van der Waals surface area (Å²) < 4.78 is 6.12. The van der Waals surface area contributed by atoms with E-state index in [9.17, 15) is 14.7 Å². The Kier molecular flexibility index (Phi) is 6.51. The number of carbonyl (C=O) groups excluding carboxylic acids is 1. The van der Waals surface area contributed by atoms with Gasteiger partial charge in [-0.3, -0.25) is 4.79 Å². The average molecular weight is 452 g/mol. The molecule has 3 rings (SSSR count). The molecule has 1 N–H and O–H groups in total. The Labute approximate surface area is 197 Å². The van der Waals surface area contributed by atoms with E-state index in [1.807, 2.05) is 91.5 Å². The third-order valence-electron chi connectivity index (χ3n) is 6.24. The topological polar surface area (TPSA) is 66.8 Å². The first-order valence-corrected chi connectivity index (χ1v) is 11.5. The summed E-state index contributed by atoms with van der Waals surface area (Å²) in [5.74, 6) is -0.919. The van der Waals surface area contributed by atoms with Crippen LogP contribution in [-0.2, 0) is 27.4 Å². The molecule has 1 aliphatic rings. The molecule has 0 aromatic heterocycles. The molecule has 2 aromatic rings. The standard InChI is InChI=1S/C28H37NO4/c1-16-10-12-19(13-11-16)22-17(2)20-14-29(26(32)27(4,5)6)15-21(20)18(3)23(22)24(25(30)31)33-28(7,8)9/h10-13,24H,14-15H2,1-9H3,(H,30,31). The van der Waals surface area contributed by atoms with Gasteiger partial charge in [-0.25, -0.2) is 4.79 Å². The molecule has 0 fully saturated rings. The summed E-state index contributed by atoms with van der Waals surface area (Å²) in [5.41, 5.74) is 6.63. The summed E-state index contributed by atoms with van der Waals surface area (Å²) >= 11 is 0. The van der Waals surface area contributed by atoms with E-state index in [0.29, 0.717) is 18.7 Å². The number of aliphatic carboxylic acids is 1. The molecule has 1 atom stereocenters. The predicted molar refractivity (Wildman–Crippen MR) is 131 cm³/mol. The number of aryl methyl sites for hydroxylation is 1. The number of hydrogen-bond acceptors (Lipinski definition) is 3. The number of fused-ring (bicyclic) bond motifs is 1. The van der Waals surface area contributed by atoms with Crippen LogP contribution in [0.1, 0.15) is 81.0 Å². The lowest BCUT2D eigenvalue weighted by atomic mass is 9.83. The van der Waals surface area contributed by atoms with Crippen LogP contribution in [-0.4, -0.2) is 27.5 Å². The minimum absolute atomic E-state index is 0.0941. The summed E-state index contributed by atoms with van der Waals surface area (Å²) in [4.78, 5) is 27.4. The predicted octanol–water partition coefficient (Wildman–Crippen LogP) is 6.11. The van der Waals surface area contributed by atoms with Crippen molar-refractivity contribution in [2.24, 2.45) is 5.41 Å². The van der Waals surface area contributed by atoms with Gasteiger partial charge in [0.25, 0.3) is 0 Å².